The number of methoxy groups -OCH3 is 2. The van der Waals surface area contributed by atoms with Crippen molar-refractivity contribution in [2.75, 3.05) is 14.2 Å². The molecule has 5 heteroatoms. The quantitative estimate of drug-likeness (QED) is 0.740. The molecule has 0 aliphatic carbocycles. The number of allylic oxidation sites excluding steroid dienone is 1. The second kappa shape index (κ2) is 6.76. The van der Waals surface area contributed by atoms with Crippen molar-refractivity contribution in [1.82, 2.24) is 0 Å². The molecule has 0 fully saturated rings. The Kier molecular flexibility index (Phi) is 4.78. The summed E-state index contributed by atoms with van der Waals surface area (Å²) in [6.45, 7) is 0. The van der Waals surface area contributed by atoms with Gasteiger partial charge in [0.2, 0.25) is 0 Å². The first-order valence-electron chi connectivity index (χ1n) is 6.67. The van der Waals surface area contributed by atoms with Crippen LogP contribution in [0.4, 0.5) is 0 Å². The third-order valence-corrected chi connectivity index (χ3v) is 3.23. The van der Waals surface area contributed by atoms with Crippen LogP contribution in [0.3, 0.4) is 0 Å². The van der Waals surface area contributed by atoms with Crippen LogP contribution in [0.2, 0.25) is 0 Å². The molecule has 2 aromatic rings. The summed E-state index contributed by atoms with van der Waals surface area (Å²) in [5.74, 6) is 0.245. The van der Waals surface area contributed by atoms with E-state index in [4.69, 9.17) is 9.47 Å². The van der Waals surface area contributed by atoms with E-state index in [0.717, 1.165) is 17.1 Å². The van der Waals surface area contributed by atoms with Crippen molar-refractivity contribution in [2.24, 2.45) is 0 Å². The van der Waals surface area contributed by atoms with E-state index in [-0.39, 0.29) is 11.5 Å². The predicted molar refractivity (Wildman–Crippen MR) is 83.7 cm³/mol. The van der Waals surface area contributed by atoms with Crippen molar-refractivity contribution in [3.8, 4) is 28.7 Å². The molecule has 116 valence electrons. The molecule has 0 saturated carbocycles. The molecule has 3 N–H and O–H groups in total. The van der Waals surface area contributed by atoms with Crippen LogP contribution in [0.1, 0.15) is 11.1 Å². The minimum atomic E-state index is -0.522. The van der Waals surface area contributed by atoms with Crippen LogP contribution in [0.25, 0.3) is 6.08 Å². The van der Waals surface area contributed by atoms with Crippen molar-refractivity contribution in [3.05, 3.63) is 47.5 Å². The monoisotopic (exact) mass is 302 g/mol. The van der Waals surface area contributed by atoms with Gasteiger partial charge in [-0.2, -0.15) is 0 Å². The maximum atomic E-state index is 9.47. The first-order chi connectivity index (χ1) is 10.5. The molecule has 2 rings (SSSR count). The fourth-order valence-corrected chi connectivity index (χ4v) is 2.08. The average molecular weight is 302 g/mol. The first-order valence-corrected chi connectivity index (χ1v) is 6.67. The van der Waals surface area contributed by atoms with Crippen LogP contribution in [-0.4, -0.2) is 29.5 Å². The molecule has 2 aromatic carbocycles. The first kappa shape index (κ1) is 15.6. The Balaban J connectivity index is 2.19. The van der Waals surface area contributed by atoms with Crippen LogP contribution < -0.4 is 9.47 Å². The number of phenolic OH excluding ortho intramolecular Hbond substituents is 3. The van der Waals surface area contributed by atoms with E-state index < -0.39 is 5.75 Å². The van der Waals surface area contributed by atoms with Crippen molar-refractivity contribution in [3.63, 3.8) is 0 Å². The van der Waals surface area contributed by atoms with Crippen LogP contribution in [0, 0.1) is 0 Å². The van der Waals surface area contributed by atoms with Crippen molar-refractivity contribution < 1.29 is 24.8 Å². The molecule has 22 heavy (non-hydrogen) atoms. The van der Waals surface area contributed by atoms with Gasteiger partial charge in [-0.1, -0.05) is 12.2 Å². The standard InChI is InChI=1S/C17H18O5/c1-21-13-6-7-16(22-2)12(10-13)5-3-4-11-8-14(18)17(20)15(19)9-11/h3-4,6-10,18-20H,5H2,1-2H3/b4-3-. The molecule has 0 aliphatic heterocycles. The number of benzene rings is 2. The predicted octanol–water partition coefficient (Wildman–Crippen LogP) is 3.08. The highest BCUT2D eigenvalue weighted by atomic mass is 16.5. The molecular weight excluding hydrogens is 284 g/mol. The van der Waals surface area contributed by atoms with Gasteiger partial charge in [0, 0.05) is 5.56 Å². The summed E-state index contributed by atoms with van der Waals surface area (Å²) in [6, 6.07) is 8.28. The summed E-state index contributed by atoms with van der Waals surface area (Å²) in [5.41, 5.74) is 1.53. The van der Waals surface area contributed by atoms with Gasteiger partial charge >= 0.3 is 0 Å². The van der Waals surface area contributed by atoms with E-state index in [9.17, 15) is 15.3 Å². The van der Waals surface area contributed by atoms with Crippen molar-refractivity contribution in [1.29, 1.82) is 0 Å². The average Bonchev–Trinajstić information content (AvgIpc) is 2.52. The molecule has 0 bridgehead atoms. The van der Waals surface area contributed by atoms with Crippen LogP contribution in [-0.2, 0) is 6.42 Å². The molecule has 0 spiro atoms. The van der Waals surface area contributed by atoms with Gasteiger partial charge in [0.1, 0.15) is 11.5 Å². The van der Waals surface area contributed by atoms with Gasteiger partial charge in [0.25, 0.3) is 0 Å². The van der Waals surface area contributed by atoms with Crippen molar-refractivity contribution >= 4 is 6.08 Å². The highest BCUT2D eigenvalue weighted by Gasteiger charge is 2.07. The number of hydrogen-bond acceptors (Lipinski definition) is 5. The van der Waals surface area contributed by atoms with E-state index in [0.29, 0.717) is 12.0 Å². The molecule has 0 saturated heterocycles. The van der Waals surface area contributed by atoms with Gasteiger partial charge in [-0.05, 0) is 42.3 Å². The Bertz CT molecular complexity index is 668. The summed E-state index contributed by atoms with van der Waals surface area (Å²) in [7, 11) is 3.20. The van der Waals surface area contributed by atoms with Crippen molar-refractivity contribution in [2.45, 2.75) is 6.42 Å². The lowest BCUT2D eigenvalue weighted by molar-refractivity contribution is 0.368. The van der Waals surface area contributed by atoms with Gasteiger partial charge in [-0.15, -0.1) is 0 Å². The van der Waals surface area contributed by atoms with Gasteiger partial charge < -0.3 is 24.8 Å². The lowest BCUT2D eigenvalue weighted by atomic mass is 10.1. The molecular formula is C17H18O5. The molecule has 0 heterocycles. The zero-order valence-electron chi connectivity index (χ0n) is 12.4. The summed E-state index contributed by atoms with van der Waals surface area (Å²) in [5, 5.41) is 28.2. The smallest absolute Gasteiger partial charge is 0.200 e. The van der Waals surface area contributed by atoms with Crippen LogP contribution in [0.15, 0.2) is 36.4 Å². The minimum Gasteiger partial charge on any atom is -0.504 e. The second-order valence-corrected chi connectivity index (χ2v) is 4.69. The highest BCUT2D eigenvalue weighted by molar-refractivity contribution is 5.61. The summed E-state index contributed by atoms with van der Waals surface area (Å²) in [4.78, 5) is 0. The Labute approximate surface area is 128 Å². The minimum absolute atomic E-state index is 0.362. The Morgan fingerprint density at radius 1 is 0.955 bits per heavy atom. The fraction of sp³-hybridized carbons (Fsp3) is 0.176. The SMILES string of the molecule is COc1ccc(OC)c(C/C=C\c2cc(O)c(O)c(O)c2)c1. The number of ether oxygens (including phenoxy) is 2. The van der Waals surface area contributed by atoms with E-state index in [1.54, 1.807) is 20.3 Å². The molecule has 5 nitrogen and oxygen atoms in total. The van der Waals surface area contributed by atoms with Gasteiger partial charge in [0.05, 0.1) is 14.2 Å². The topological polar surface area (TPSA) is 79.2 Å². The number of phenols is 3. The molecule has 0 atom stereocenters. The van der Waals surface area contributed by atoms with E-state index >= 15 is 0 Å². The van der Waals surface area contributed by atoms with Gasteiger partial charge in [-0.3, -0.25) is 0 Å². The fourth-order valence-electron chi connectivity index (χ4n) is 2.08. The third kappa shape index (κ3) is 3.44. The van der Waals surface area contributed by atoms with Crippen LogP contribution in [0.5, 0.6) is 28.7 Å². The van der Waals surface area contributed by atoms with Crippen LogP contribution >= 0.6 is 0 Å². The Morgan fingerprint density at radius 3 is 2.23 bits per heavy atom. The van der Waals surface area contributed by atoms with E-state index in [2.05, 4.69) is 0 Å². The number of hydrogen-bond donors (Lipinski definition) is 3. The maximum Gasteiger partial charge on any atom is 0.200 e. The maximum absolute atomic E-state index is 9.47. The van der Waals surface area contributed by atoms with E-state index in [1.807, 2.05) is 24.3 Å². The van der Waals surface area contributed by atoms with Gasteiger partial charge in [-0.25, -0.2) is 0 Å². The lowest BCUT2D eigenvalue weighted by Crippen LogP contribution is -1.92. The normalized spacial score (nSPS) is 10.8. The Morgan fingerprint density at radius 2 is 1.64 bits per heavy atom. The highest BCUT2D eigenvalue weighted by Crippen LogP contribution is 2.35. The zero-order valence-corrected chi connectivity index (χ0v) is 12.4. The summed E-state index contributed by atoms with van der Waals surface area (Å²) >= 11 is 0. The second-order valence-electron chi connectivity index (χ2n) is 4.69. The molecule has 0 aliphatic rings. The summed E-state index contributed by atoms with van der Waals surface area (Å²) in [6.07, 6.45) is 4.18. The molecule has 0 aromatic heterocycles. The summed E-state index contributed by atoms with van der Waals surface area (Å²) < 4.78 is 10.5. The molecule has 0 amide bonds. The lowest BCUT2D eigenvalue weighted by Gasteiger charge is -2.08. The number of aromatic hydroxyl groups is 3. The Hall–Kier alpha value is -2.82. The third-order valence-electron chi connectivity index (χ3n) is 3.23. The van der Waals surface area contributed by atoms with E-state index in [1.165, 1.54) is 12.1 Å². The van der Waals surface area contributed by atoms with Gasteiger partial charge in [0.15, 0.2) is 17.2 Å². The molecule has 0 unspecified atom stereocenters. The number of rotatable bonds is 5. The zero-order chi connectivity index (χ0) is 16.1. The largest absolute Gasteiger partial charge is 0.504 e. The molecule has 0 radical (unpaired) electrons.